The van der Waals surface area contributed by atoms with Crippen molar-refractivity contribution in [1.82, 2.24) is 0 Å². The van der Waals surface area contributed by atoms with Crippen LogP contribution in [-0.4, -0.2) is 23.7 Å². The van der Waals surface area contributed by atoms with E-state index in [1.54, 1.807) is 0 Å². The minimum atomic E-state index is -0.776. The molecular formula is C16H28O4. The Bertz CT molecular complexity index is 355. The predicted octanol–water partition coefficient (Wildman–Crippen LogP) is 4.11. The quantitative estimate of drug-likeness (QED) is 0.589. The highest BCUT2D eigenvalue weighted by molar-refractivity contribution is 5.87. The lowest BCUT2D eigenvalue weighted by atomic mass is 10.1. The minimum absolute atomic E-state index is 0.234. The van der Waals surface area contributed by atoms with Gasteiger partial charge in [-0.2, -0.15) is 0 Å². The van der Waals surface area contributed by atoms with Gasteiger partial charge in [0.25, 0.3) is 0 Å². The first-order valence-corrected chi connectivity index (χ1v) is 6.97. The predicted molar refractivity (Wildman–Crippen MR) is 81.6 cm³/mol. The highest BCUT2D eigenvalue weighted by atomic mass is 16.5. The summed E-state index contributed by atoms with van der Waals surface area (Å²) < 4.78 is 4.79. The number of hydrogen-bond donors (Lipinski definition) is 1. The van der Waals surface area contributed by atoms with Crippen molar-refractivity contribution in [3.8, 4) is 0 Å². The molecule has 0 rings (SSSR count). The second-order valence-electron chi connectivity index (χ2n) is 4.92. The molecular weight excluding hydrogens is 256 g/mol. The summed E-state index contributed by atoms with van der Waals surface area (Å²) in [5, 5.41) is 8.62. The van der Waals surface area contributed by atoms with Gasteiger partial charge in [-0.05, 0) is 40.5 Å². The third-order valence-corrected chi connectivity index (χ3v) is 2.22. The zero-order chi connectivity index (χ0) is 16.1. The van der Waals surface area contributed by atoms with Gasteiger partial charge in [0.15, 0.2) is 0 Å². The molecule has 0 heterocycles. The van der Waals surface area contributed by atoms with Gasteiger partial charge in [0, 0.05) is 11.6 Å². The number of ether oxygens (including phenoxy) is 1. The molecule has 20 heavy (non-hydrogen) atoms. The largest absolute Gasteiger partial charge is 0.478 e. The summed E-state index contributed by atoms with van der Waals surface area (Å²) in [4.78, 5) is 21.2. The summed E-state index contributed by atoms with van der Waals surface area (Å²) in [6.45, 7) is 11.9. The molecule has 0 bridgehead atoms. The Labute approximate surface area is 122 Å². The molecule has 0 amide bonds. The zero-order valence-corrected chi connectivity index (χ0v) is 13.6. The molecule has 0 saturated carbocycles. The molecule has 0 aromatic heterocycles. The van der Waals surface area contributed by atoms with Crippen LogP contribution in [0.15, 0.2) is 22.8 Å². The van der Waals surface area contributed by atoms with Gasteiger partial charge >= 0.3 is 11.9 Å². The van der Waals surface area contributed by atoms with Crippen molar-refractivity contribution in [2.45, 2.75) is 60.8 Å². The third-order valence-electron chi connectivity index (χ3n) is 2.22. The fourth-order valence-electron chi connectivity index (χ4n) is 1.30. The van der Waals surface area contributed by atoms with Gasteiger partial charge in [-0.1, -0.05) is 31.4 Å². The summed E-state index contributed by atoms with van der Waals surface area (Å²) in [6, 6.07) is 0. The van der Waals surface area contributed by atoms with Gasteiger partial charge in [-0.15, -0.1) is 0 Å². The van der Waals surface area contributed by atoms with E-state index in [2.05, 4.69) is 0 Å². The van der Waals surface area contributed by atoms with Crippen LogP contribution in [0.5, 0.6) is 0 Å². The molecule has 0 saturated heterocycles. The first-order valence-electron chi connectivity index (χ1n) is 6.97. The smallest absolute Gasteiger partial charge is 0.331 e. The van der Waals surface area contributed by atoms with E-state index in [0.29, 0.717) is 18.6 Å². The lowest BCUT2D eigenvalue weighted by Crippen LogP contribution is -2.01. The van der Waals surface area contributed by atoms with Crippen LogP contribution in [0.4, 0.5) is 0 Å². The Morgan fingerprint density at radius 3 is 1.85 bits per heavy atom. The molecule has 0 aliphatic carbocycles. The van der Waals surface area contributed by atoms with E-state index in [1.165, 1.54) is 6.08 Å². The number of carbonyl (C=O) groups excluding carboxylic acids is 1. The molecule has 116 valence electrons. The van der Waals surface area contributed by atoms with E-state index in [0.717, 1.165) is 24.0 Å². The Balaban J connectivity index is 0. The van der Waals surface area contributed by atoms with Crippen molar-refractivity contribution in [2.75, 3.05) is 6.61 Å². The average molecular weight is 284 g/mol. The minimum Gasteiger partial charge on any atom is -0.478 e. The van der Waals surface area contributed by atoms with Gasteiger partial charge in [0.1, 0.15) is 0 Å². The van der Waals surface area contributed by atoms with Crippen LogP contribution in [0.25, 0.3) is 0 Å². The van der Waals surface area contributed by atoms with Gasteiger partial charge in [0.2, 0.25) is 0 Å². The van der Waals surface area contributed by atoms with Gasteiger partial charge in [0.05, 0.1) is 6.61 Å². The van der Waals surface area contributed by atoms with Crippen molar-refractivity contribution in [2.24, 2.45) is 0 Å². The number of aliphatic carboxylic acids is 1. The standard InChI is InChI=1S/2C8H14O2/c1-4-5-10-8(9)6-7(2)3;1-4-5-7(6(2)3)8(9)10/h6H,4-5H2,1-3H3;4-5H2,1-3H3,(H,9,10). The first-order chi connectivity index (χ1) is 9.26. The summed E-state index contributed by atoms with van der Waals surface area (Å²) in [5.41, 5.74) is 2.44. The molecule has 0 spiro atoms. The highest BCUT2D eigenvalue weighted by Gasteiger charge is 2.06. The number of carbonyl (C=O) groups is 2. The summed E-state index contributed by atoms with van der Waals surface area (Å²) in [5.74, 6) is -1.01. The number of carboxylic acid groups (broad SMARTS) is 1. The van der Waals surface area contributed by atoms with Gasteiger partial charge < -0.3 is 9.84 Å². The van der Waals surface area contributed by atoms with E-state index < -0.39 is 5.97 Å². The second kappa shape index (κ2) is 12.5. The molecule has 0 radical (unpaired) electrons. The fraction of sp³-hybridized carbons (Fsp3) is 0.625. The summed E-state index contributed by atoms with van der Waals surface area (Å²) in [6.07, 6.45) is 3.95. The number of allylic oxidation sites excluding steroid dienone is 2. The van der Waals surface area contributed by atoms with Crippen LogP contribution in [0.2, 0.25) is 0 Å². The Kier molecular flexibility index (Phi) is 12.9. The molecule has 1 N–H and O–H groups in total. The first kappa shape index (κ1) is 20.7. The number of rotatable bonds is 6. The molecule has 0 atom stereocenters. The summed E-state index contributed by atoms with van der Waals surface area (Å²) >= 11 is 0. The number of esters is 1. The zero-order valence-electron chi connectivity index (χ0n) is 13.6. The Morgan fingerprint density at radius 2 is 1.60 bits per heavy atom. The second-order valence-corrected chi connectivity index (χ2v) is 4.92. The molecule has 0 fully saturated rings. The van der Waals surface area contributed by atoms with E-state index >= 15 is 0 Å². The van der Waals surface area contributed by atoms with Crippen LogP contribution >= 0.6 is 0 Å². The normalized spacial score (nSPS) is 8.90. The maximum absolute atomic E-state index is 10.7. The maximum Gasteiger partial charge on any atom is 0.331 e. The van der Waals surface area contributed by atoms with E-state index in [-0.39, 0.29) is 5.97 Å². The van der Waals surface area contributed by atoms with Crippen molar-refractivity contribution < 1.29 is 19.4 Å². The fourth-order valence-corrected chi connectivity index (χ4v) is 1.30. The number of hydrogen-bond acceptors (Lipinski definition) is 3. The van der Waals surface area contributed by atoms with E-state index in [4.69, 9.17) is 9.84 Å². The molecule has 0 aromatic carbocycles. The maximum atomic E-state index is 10.7. The molecule has 0 aromatic rings. The number of carboxylic acids is 1. The van der Waals surface area contributed by atoms with Crippen LogP contribution in [0.1, 0.15) is 60.8 Å². The third kappa shape index (κ3) is 12.9. The topological polar surface area (TPSA) is 63.6 Å². The Hall–Kier alpha value is -1.58. The lowest BCUT2D eigenvalue weighted by molar-refractivity contribution is -0.138. The molecule has 0 unspecified atom stereocenters. The van der Waals surface area contributed by atoms with Gasteiger partial charge in [-0.25, -0.2) is 9.59 Å². The molecule has 4 nitrogen and oxygen atoms in total. The highest BCUT2D eigenvalue weighted by Crippen LogP contribution is 2.09. The lowest BCUT2D eigenvalue weighted by Gasteiger charge is -2.00. The van der Waals surface area contributed by atoms with Crippen molar-refractivity contribution >= 4 is 11.9 Å². The SMILES string of the molecule is CCCC(C(=O)O)=C(C)C.CCCOC(=O)C=C(C)C. The van der Waals surface area contributed by atoms with Crippen LogP contribution in [-0.2, 0) is 14.3 Å². The average Bonchev–Trinajstić information content (AvgIpc) is 2.32. The van der Waals surface area contributed by atoms with Crippen molar-refractivity contribution in [3.63, 3.8) is 0 Å². The molecule has 0 aliphatic rings. The van der Waals surface area contributed by atoms with Crippen molar-refractivity contribution in [3.05, 3.63) is 22.8 Å². The van der Waals surface area contributed by atoms with Crippen LogP contribution in [0.3, 0.4) is 0 Å². The molecule has 0 aliphatic heterocycles. The van der Waals surface area contributed by atoms with Crippen molar-refractivity contribution in [1.29, 1.82) is 0 Å². The van der Waals surface area contributed by atoms with Gasteiger partial charge in [-0.3, -0.25) is 0 Å². The van der Waals surface area contributed by atoms with Crippen LogP contribution in [0, 0.1) is 0 Å². The van der Waals surface area contributed by atoms with E-state index in [1.807, 2.05) is 41.5 Å². The molecule has 4 heteroatoms. The Morgan fingerprint density at radius 1 is 1.05 bits per heavy atom. The van der Waals surface area contributed by atoms with E-state index in [9.17, 15) is 9.59 Å². The van der Waals surface area contributed by atoms with Crippen LogP contribution < -0.4 is 0 Å². The monoisotopic (exact) mass is 284 g/mol. The summed E-state index contributed by atoms with van der Waals surface area (Å²) in [7, 11) is 0.